The minimum Gasteiger partial charge on any atom is -0.350 e. The highest BCUT2D eigenvalue weighted by Crippen LogP contribution is 2.29. The van der Waals surface area contributed by atoms with Gasteiger partial charge in [0, 0.05) is 6.04 Å². The van der Waals surface area contributed by atoms with E-state index in [0.29, 0.717) is 4.31 Å². The molecule has 1 atom stereocenters. The molecule has 3 rings (SSSR count). The van der Waals surface area contributed by atoms with Gasteiger partial charge in [-0.2, -0.15) is 0 Å². The number of para-hydroxylation sites is 1. The zero-order chi connectivity index (χ0) is 21.2. The molecule has 0 bridgehead atoms. The van der Waals surface area contributed by atoms with Gasteiger partial charge in [0.2, 0.25) is 5.91 Å². The summed E-state index contributed by atoms with van der Waals surface area (Å²) in [7, 11) is -4.08. The largest absolute Gasteiger partial charge is 0.350 e. The number of rotatable bonds is 6. The molecule has 0 aromatic heterocycles. The van der Waals surface area contributed by atoms with Gasteiger partial charge in [-0.05, 0) is 37.6 Å². The summed E-state index contributed by atoms with van der Waals surface area (Å²) in [4.78, 5) is 37.3. The molecule has 29 heavy (non-hydrogen) atoms. The zero-order valence-corrected chi connectivity index (χ0v) is 16.8. The predicted molar refractivity (Wildman–Crippen MR) is 107 cm³/mol. The number of hydrogen-bond donors (Lipinski definition) is 2. The first-order valence-corrected chi connectivity index (χ1v) is 10.6. The van der Waals surface area contributed by atoms with E-state index >= 15 is 0 Å². The molecule has 1 heterocycles. The van der Waals surface area contributed by atoms with E-state index < -0.39 is 28.4 Å². The van der Waals surface area contributed by atoms with Gasteiger partial charge >= 0.3 is 0 Å². The van der Waals surface area contributed by atoms with Crippen molar-refractivity contribution in [1.29, 1.82) is 0 Å². The summed E-state index contributed by atoms with van der Waals surface area (Å²) in [5.74, 6) is -1.83. The first-order chi connectivity index (χ1) is 13.8. The molecule has 3 amide bonds. The van der Waals surface area contributed by atoms with Crippen molar-refractivity contribution in [1.82, 2.24) is 9.62 Å². The second kappa shape index (κ2) is 8.04. The van der Waals surface area contributed by atoms with Crippen molar-refractivity contribution < 1.29 is 22.8 Å². The SMILES string of the molecule is CC[C@H](C)NC(=O)c1ccccc1NC(=O)CN1C(=O)c2ccccc2S1(=O)=O. The average Bonchev–Trinajstić information content (AvgIpc) is 2.89. The van der Waals surface area contributed by atoms with E-state index in [9.17, 15) is 22.8 Å². The van der Waals surface area contributed by atoms with Gasteiger partial charge in [0.15, 0.2) is 0 Å². The quantitative estimate of drug-likeness (QED) is 0.749. The summed E-state index contributed by atoms with van der Waals surface area (Å²) in [6, 6.07) is 12.2. The van der Waals surface area contributed by atoms with Crippen LogP contribution in [0.1, 0.15) is 41.0 Å². The molecule has 1 aliphatic rings. The van der Waals surface area contributed by atoms with Crippen LogP contribution < -0.4 is 10.6 Å². The van der Waals surface area contributed by atoms with Crippen LogP contribution in [0.5, 0.6) is 0 Å². The fourth-order valence-electron chi connectivity index (χ4n) is 2.90. The Labute approximate surface area is 169 Å². The summed E-state index contributed by atoms with van der Waals surface area (Å²) >= 11 is 0. The van der Waals surface area contributed by atoms with Gasteiger partial charge in [-0.25, -0.2) is 12.7 Å². The summed E-state index contributed by atoms with van der Waals surface area (Å²) in [6.45, 7) is 3.11. The fourth-order valence-corrected chi connectivity index (χ4v) is 4.43. The molecule has 0 unspecified atom stereocenters. The molecule has 2 aromatic rings. The maximum absolute atomic E-state index is 12.6. The van der Waals surface area contributed by atoms with Gasteiger partial charge in [-0.15, -0.1) is 0 Å². The van der Waals surface area contributed by atoms with Crippen LogP contribution in [0.25, 0.3) is 0 Å². The van der Waals surface area contributed by atoms with E-state index in [-0.39, 0.29) is 33.7 Å². The number of nitrogens with zero attached hydrogens (tertiary/aromatic N) is 1. The number of amides is 3. The third-order valence-electron chi connectivity index (χ3n) is 4.63. The van der Waals surface area contributed by atoms with Gasteiger partial charge in [0.1, 0.15) is 11.4 Å². The van der Waals surface area contributed by atoms with Crippen LogP contribution in [0.3, 0.4) is 0 Å². The molecule has 2 aromatic carbocycles. The molecule has 1 aliphatic heterocycles. The van der Waals surface area contributed by atoms with Crippen molar-refractivity contribution >= 4 is 33.4 Å². The molecule has 0 radical (unpaired) electrons. The molecule has 0 saturated carbocycles. The van der Waals surface area contributed by atoms with Crippen molar-refractivity contribution in [3.63, 3.8) is 0 Å². The van der Waals surface area contributed by atoms with E-state index in [0.717, 1.165) is 6.42 Å². The summed E-state index contributed by atoms with van der Waals surface area (Å²) in [5, 5.41) is 5.35. The second-order valence-electron chi connectivity index (χ2n) is 6.69. The molecule has 0 fully saturated rings. The molecule has 152 valence electrons. The van der Waals surface area contributed by atoms with E-state index in [2.05, 4.69) is 10.6 Å². The van der Waals surface area contributed by atoms with E-state index in [1.807, 2.05) is 13.8 Å². The molecule has 2 N–H and O–H groups in total. The molecule has 0 aliphatic carbocycles. The summed E-state index contributed by atoms with van der Waals surface area (Å²) in [5.41, 5.74) is 0.522. The highest BCUT2D eigenvalue weighted by atomic mass is 32.2. The van der Waals surface area contributed by atoms with Crippen LogP contribution in [-0.4, -0.2) is 43.0 Å². The number of carbonyl (C=O) groups is 3. The monoisotopic (exact) mass is 415 g/mol. The van der Waals surface area contributed by atoms with Gasteiger partial charge in [-0.1, -0.05) is 31.2 Å². The Balaban J connectivity index is 1.78. The van der Waals surface area contributed by atoms with Crippen molar-refractivity contribution in [3.05, 3.63) is 59.7 Å². The topological polar surface area (TPSA) is 113 Å². The number of carbonyl (C=O) groups excluding carboxylic acids is 3. The van der Waals surface area contributed by atoms with Crippen LogP contribution in [-0.2, 0) is 14.8 Å². The van der Waals surface area contributed by atoms with Crippen LogP contribution in [0.4, 0.5) is 5.69 Å². The lowest BCUT2D eigenvalue weighted by Crippen LogP contribution is -2.38. The predicted octanol–water partition coefficient (Wildman–Crippen LogP) is 2.00. The molecular formula is C20H21N3O5S. The van der Waals surface area contributed by atoms with Crippen LogP contribution in [0, 0.1) is 0 Å². The van der Waals surface area contributed by atoms with Gasteiger partial charge in [0.25, 0.3) is 21.8 Å². The molecule has 0 saturated heterocycles. The van der Waals surface area contributed by atoms with Crippen molar-refractivity contribution in [3.8, 4) is 0 Å². The van der Waals surface area contributed by atoms with Crippen molar-refractivity contribution in [2.45, 2.75) is 31.2 Å². The standard InChI is InChI=1S/C20H21N3O5S/c1-3-13(2)21-19(25)14-8-4-6-10-16(14)22-18(24)12-23-20(26)15-9-5-7-11-17(15)29(23,27)28/h4-11,13H,3,12H2,1-2H3,(H,21,25)(H,22,24)/t13-/m0/s1. The minimum atomic E-state index is -4.08. The third-order valence-corrected chi connectivity index (χ3v) is 6.42. The maximum atomic E-state index is 12.6. The highest BCUT2D eigenvalue weighted by Gasteiger charge is 2.41. The number of fused-ring (bicyclic) bond motifs is 1. The third kappa shape index (κ3) is 4.00. The highest BCUT2D eigenvalue weighted by molar-refractivity contribution is 7.90. The minimum absolute atomic E-state index is 0.0358. The Hall–Kier alpha value is -3.20. The zero-order valence-electron chi connectivity index (χ0n) is 16.0. The lowest BCUT2D eigenvalue weighted by Gasteiger charge is -2.17. The number of sulfonamides is 1. The van der Waals surface area contributed by atoms with E-state index in [1.54, 1.807) is 30.3 Å². The molecule has 8 nitrogen and oxygen atoms in total. The first-order valence-electron chi connectivity index (χ1n) is 9.11. The van der Waals surface area contributed by atoms with Crippen molar-refractivity contribution in [2.75, 3.05) is 11.9 Å². The molecule has 0 spiro atoms. The number of benzene rings is 2. The fraction of sp³-hybridized carbons (Fsp3) is 0.250. The Kier molecular flexibility index (Phi) is 5.69. The smallest absolute Gasteiger partial charge is 0.269 e. The van der Waals surface area contributed by atoms with Gasteiger partial charge in [-0.3, -0.25) is 14.4 Å². The Morgan fingerprint density at radius 2 is 1.72 bits per heavy atom. The Morgan fingerprint density at radius 3 is 2.41 bits per heavy atom. The molecular weight excluding hydrogens is 394 g/mol. The summed E-state index contributed by atoms with van der Waals surface area (Å²) in [6.07, 6.45) is 0.746. The average molecular weight is 415 g/mol. The van der Waals surface area contributed by atoms with Crippen LogP contribution in [0.15, 0.2) is 53.4 Å². The Bertz CT molecular complexity index is 1080. The molecule has 9 heteroatoms. The summed E-state index contributed by atoms with van der Waals surface area (Å²) < 4.78 is 25.7. The maximum Gasteiger partial charge on any atom is 0.269 e. The Morgan fingerprint density at radius 1 is 1.07 bits per heavy atom. The lowest BCUT2D eigenvalue weighted by atomic mass is 10.1. The lowest BCUT2D eigenvalue weighted by molar-refractivity contribution is -0.116. The number of anilines is 1. The van der Waals surface area contributed by atoms with E-state index in [4.69, 9.17) is 0 Å². The van der Waals surface area contributed by atoms with Crippen LogP contribution in [0.2, 0.25) is 0 Å². The van der Waals surface area contributed by atoms with Gasteiger partial charge < -0.3 is 10.6 Å². The first kappa shape index (κ1) is 20.5. The number of nitrogens with one attached hydrogen (secondary N) is 2. The van der Waals surface area contributed by atoms with Gasteiger partial charge in [0.05, 0.1) is 16.8 Å². The van der Waals surface area contributed by atoms with Crippen molar-refractivity contribution in [2.24, 2.45) is 0 Å². The van der Waals surface area contributed by atoms with Crippen LogP contribution >= 0.6 is 0 Å². The normalized spacial score (nSPS) is 15.5. The second-order valence-corrected chi connectivity index (χ2v) is 8.52. The number of hydrogen-bond acceptors (Lipinski definition) is 5. The van der Waals surface area contributed by atoms with E-state index in [1.165, 1.54) is 18.2 Å².